The van der Waals surface area contributed by atoms with Gasteiger partial charge in [0.25, 0.3) is 0 Å². The van der Waals surface area contributed by atoms with Crippen molar-refractivity contribution in [2.75, 3.05) is 7.11 Å². The lowest BCUT2D eigenvalue weighted by atomic mass is 10.0. The molecule has 4 heteroatoms. The third-order valence-electron chi connectivity index (χ3n) is 2.32. The topological polar surface area (TPSA) is 66.8 Å². The van der Waals surface area contributed by atoms with Gasteiger partial charge in [-0.2, -0.15) is 0 Å². The Hall–Kier alpha value is -1.71. The Morgan fingerprint density at radius 2 is 2.06 bits per heavy atom. The summed E-state index contributed by atoms with van der Waals surface area (Å²) in [6.07, 6.45) is 1.62. The minimum absolute atomic E-state index is 0.0983. The molecule has 2 N–H and O–H groups in total. The lowest BCUT2D eigenvalue weighted by Gasteiger charge is -2.08. The number of aryl methyl sites for hydroxylation is 1. The summed E-state index contributed by atoms with van der Waals surface area (Å²) < 4.78 is 4.54. The fourth-order valence-corrected chi connectivity index (χ4v) is 1.54. The van der Waals surface area contributed by atoms with Crippen molar-refractivity contribution in [3.8, 4) is 11.5 Å². The number of phenols is 2. The molecule has 0 saturated carbocycles. The zero-order valence-corrected chi connectivity index (χ0v) is 9.49. The van der Waals surface area contributed by atoms with Crippen LogP contribution in [0.25, 0.3) is 0 Å². The molecule has 0 heterocycles. The molecule has 0 fully saturated rings. The van der Waals surface area contributed by atoms with Crippen LogP contribution in [0.2, 0.25) is 0 Å². The number of aromatic hydroxyl groups is 2. The number of ether oxygens (including phenoxy) is 1. The Labute approximate surface area is 94.5 Å². The van der Waals surface area contributed by atoms with Crippen molar-refractivity contribution in [1.29, 1.82) is 0 Å². The van der Waals surface area contributed by atoms with Crippen molar-refractivity contribution in [3.63, 3.8) is 0 Å². The fraction of sp³-hybridized carbons (Fsp3) is 0.417. The minimum atomic E-state index is -0.368. The Kier molecular flexibility index (Phi) is 4.17. The van der Waals surface area contributed by atoms with Gasteiger partial charge in [0, 0.05) is 0 Å². The maximum atomic E-state index is 11.1. The monoisotopic (exact) mass is 224 g/mol. The van der Waals surface area contributed by atoms with Crippen LogP contribution in [0.4, 0.5) is 0 Å². The summed E-state index contributed by atoms with van der Waals surface area (Å²) in [4.78, 5) is 11.1. The molecule has 1 aromatic carbocycles. The summed E-state index contributed by atoms with van der Waals surface area (Å²) in [6, 6.07) is 3.10. The molecular weight excluding hydrogens is 208 g/mol. The first-order chi connectivity index (χ1) is 7.58. The first-order valence-electron chi connectivity index (χ1n) is 5.19. The normalized spacial score (nSPS) is 10.1. The smallest absolute Gasteiger partial charge is 0.309 e. The van der Waals surface area contributed by atoms with Crippen LogP contribution >= 0.6 is 0 Å². The molecule has 0 bridgehead atoms. The lowest BCUT2D eigenvalue weighted by Crippen LogP contribution is -2.04. The predicted octanol–water partition coefficient (Wildman–Crippen LogP) is 1.77. The average molecular weight is 224 g/mol. The second-order valence-corrected chi connectivity index (χ2v) is 3.63. The first kappa shape index (κ1) is 12.4. The Morgan fingerprint density at radius 1 is 1.38 bits per heavy atom. The molecule has 0 radical (unpaired) electrons. The van der Waals surface area contributed by atoms with Crippen molar-refractivity contribution in [3.05, 3.63) is 23.3 Å². The highest BCUT2D eigenvalue weighted by Gasteiger charge is 2.11. The number of benzene rings is 1. The molecule has 16 heavy (non-hydrogen) atoms. The van der Waals surface area contributed by atoms with E-state index in [0.717, 1.165) is 6.42 Å². The SMILES string of the molecule is CCCc1cc(CC(=O)OC)cc(O)c1O. The molecule has 0 atom stereocenters. The number of hydrogen-bond donors (Lipinski definition) is 2. The number of hydrogen-bond acceptors (Lipinski definition) is 4. The molecular formula is C12H16O4. The number of esters is 1. The van der Waals surface area contributed by atoms with Crippen molar-refractivity contribution >= 4 is 5.97 Å². The second-order valence-electron chi connectivity index (χ2n) is 3.63. The fourth-order valence-electron chi connectivity index (χ4n) is 1.54. The summed E-state index contributed by atoms with van der Waals surface area (Å²) in [7, 11) is 1.32. The highest BCUT2D eigenvalue weighted by molar-refractivity contribution is 5.73. The van der Waals surface area contributed by atoms with Gasteiger partial charge in [-0.3, -0.25) is 4.79 Å². The van der Waals surface area contributed by atoms with Gasteiger partial charge in [0.15, 0.2) is 11.5 Å². The Morgan fingerprint density at radius 3 is 2.62 bits per heavy atom. The Bertz CT molecular complexity index is 385. The molecule has 1 rings (SSSR count). The molecule has 0 aromatic heterocycles. The number of methoxy groups -OCH3 is 1. The zero-order valence-electron chi connectivity index (χ0n) is 9.49. The van der Waals surface area contributed by atoms with Crippen LogP contribution in [0.3, 0.4) is 0 Å². The largest absolute Gasteiger partial charge is 0.504 e. The molecule has 0 aliphatic heterocycles. The van der Waals surface area contributed by atoms with Crippen molar-refractivity contribution < 1.29 is 19.7 Å². The zero-order chi connectivity index (χ0) is 12.1. The number of carbonyl (C=O) groups is 1. The van der Waals surface area contributed by atoms with E-state index in [0.29, 0.717) is 17.5 Å². The summed E-state index contributed by atoms with van der Waals surface area (Å²) in [5.41, 5.74) is 1.30. The van der Waals surface area contributed by atoms with E-state index >= 15 is 0 Å². The van der Waals surface area contributed by atoms with Gasteiger partial charge in [-0.1, -0.05) is 19.4 Å². The summed E-state index contributed by atoms with van der Waals surface area (Å²) in [5.74, 6) is -0.659. The van der Waals surface area contributed by atoms with Gasteiger partial charge in [-0.15, -0.1) is 0 Å². The molecule has 0 amide bonds. The van der Waals surface area contributed by atoms with Crippen LogP contribution in [0.1, 0.15) is 24.5 Å². The van der Waals surface area contributed by atoms with E-state index in [1.165, 1.54) is 13.2 Å². The van der Waals surface area contributed by atoms with Gasteiger partial charge < -0.3 is 14.9 Å². The van der Waals surface area contributed by atoms with E-state index in [1.807, 2.05) is 6.92 Å². The van der Waals surface area contributed by atoms with Crippen LogP contribution in [0.5, 0.6) is 11.5 Å². The van der Waals surface area contributed by atoms with E-state index < -0.39 is 0 Å². The maximum Gasteiger partial charge on any atom is 0.309 e. The summed E-state index contributed by atoms with van der Waals surface area (Å²) in [6.45, 7) is 1.98. The van der Waals surface area contributed by atoms with E-state index in [2.05, 4.69) is 4.74 Å². The van der Waals surface area contributed by atoms with Gasteiger partial charge in [-0.25, -0.2) is 0 Å². The van der Waals surface area contributed by atoms with Crippen molar-refractivity contribution in [1.82, 2.24) is 0 Å². The van der Waals surface area contributed by atoms with E-state index in [1.54, 1.807) is 6.07 Å². The van der Waals surface area contributed by atoms with Crippen LogP contribution in [0, 0.1) is 0 Å². The summed E-state index contributed by atoms with van der Waals surface area (Å²) >= 11 is 0. The third-order valence-corrected chi connectivity index (χ3v) is 2.32. The van der Waals surface area contributed by atoms with Gasteiger partial charge in [0.2, 0.25) is 0 Å². The molecule has 0 aliphatic rings. The second kappa shape index (κ2) is 5.39. The minimum Gasteiger partial charge on any atom is -0.504 e. The first-order valence-corrected chi connectivity index (χ1v) is 5.19. The van der Waals surface area contributed by atoms with Crippen molar-refractivity contribution in [2.24, 2.45) is 0 Å². The molecule has 0 aliphatic carbocycles. The van der Waals surface area contributed by atoms with Crippen LogP contribution in [-0.2, 0) is 22.4 Å². The highest BCUT2D eigenvalue weighted by Crippen LogP contribution is 2.31. The standard InChI is InChI=1S/C12H16O4/c1-3-4-9-5-8(7-11(14)16-2)6-10(13)12(9)15/h5-6,13,15H,3-4,7H2,1-2H3. The van der Waals surface area contributed by atoms with E-state index in [9.17, 15) is 15.0 Å². The summed E-state index contributed by atoms with van der Waals surface area (Å²) in [5, 5.41) is 19.1. The van der Waals surface area contributed by atoms with Gasteiger partial charge in [-0.05, 0) is 23.6 Å². The van der Waals surface area contributed by atoms with Crippen LogP contribution < -0.4 is 0 Å². The van der Waals surface area contributed by atoms with Crippen LogP contribution in [0.15, 0.2) is 12.1 Å². The van der Waals surface area contributed by atoms with Crippen molar-refractivity contribution in [2.45, 2.75) is 26.2 Å². The lowest BCUT2D eigenvalue weighted by molar-refractivity contribution is -0.139. The molecule has 0 saturated heterocycles. The number of rotatable bonds is 4. The number of carbonyl (C=O) groups excluding carboxylic acids is 1. The predicted molar refractivity (Wildman–Crippen MR) is 59.5 cm³/mol. The van der Waals surface area contributed by atoms with E-state index in [-0.39, 0.29) is 23.9 Å². The van der Waals surface area contributed by atoms with Crippen LogP contribution in [-0.4, -0.2) is 23.3 Å². The molecule has 0 spiro atoms. The van der Waals surface area contributed by atoms with Gasteiger partial charge in [0.05, 0.1) is 13.5 Å². The quantitative estimate of drug-likeness (QED) is 0.604. The molecule has 0 unspecified atom stereocenters. The number of phenolic OH excluding ortho intramolecular Hbond substituents is 2. The third kappa shape index (κ3) is 2.89. The average Bonchev–Trinajstić information content (AvgIpc) is 2.25. The highest BCUT2D eigenvalue weighted by atomic mass is 16.5. The van der Waals surface area contributed by atoms with E-state index in [4.69, 9.17) is 0 Å². The van der Waals surface area contributed by atoms with Gasteiger partial charge >= 0.3 is 5.97 Å². The maximum absolute atomic E-state index is 11.1. The molecule has 88 valence electrons. The molecule has 1 aromatic rings. The molecule has 4 nitrogen and oxygen atoms in total. The van der Waals surface area contributed by atoms with Gasteiger partial charge in [0.1, 0.15) is 0 Å². The Balaban J connectivity index is 2.98.